The summed E-state index contributed by atoms with van der Waals surface area (Å²) in [6.45, 7) is 2.88. The van der Waals surface area contributed by atoms with Crippen LogP contribution >= 0.6 is 0 Å². The first-order valence-electron chi connectivity index (χ1n) is 10.9. The van der Waals surface area contributed by atoms with Crippen LogP contribution in [-0.4, -0.2) is 11.3 Å². The zero-order valence-corrected chi connectivity index (χ0v) is 17.6. The summed E-state index contributed by atoms with van der Waals surface area (Å²) in [7, 11) is 0. The van der Waals surface area contributed by atoms with Crippen molar-refractivity contribution in [2.24, 2.45) is 0 Å². The van der Waals surface area contributed by atoms with Gasteiger partial charge in [-0.05, 0) is 57.4 Å². The number of aliphatic hydroxyl groups excluding tert-OH is 1. The maximum Gasteiger partial charge on any atom is 0.105 e. The maximum atomic E-state index is 9.89. The molecule has 1 atom stereocenters. The van der Waals surface area contributed by atoms with Crippen LogP contribution < -0.4 is 5.32 Å². The molecule has 0 aliphatic heterocycles. The van der Waals surface area contributed by atoms with Crippen molar-refractivity contribution < 1.29 is 9.52 Å². The third-order valence-corrected chi connectivity index (χ3v) is 4.43. The molecule has 1 aromatic rings. The van der Waals surface area contributed by atoms with E-state index < -0.39 is 6.23 Å². The minimum atomic E-state index is -0.457. The van der Waals surface area contributed by atoms with Crippen molar-refractivity contribution in [3.05, 3.63) is 72.8 Å². The van der Waals surface area contributed by atoms with Crippen molar-refractivity contribution in [1.82, 2.24) is 5.32 Å². The predicted molar refractivity (Wildman–Crippen MR) is 120 cm³/mol. The lowest BCUT2D eigenvalue weighted by Gasteiger charge is -2.10. The van der Waals surface area contributed by atoms with Crippen LogP contribution in [0.15, 0.2) is 71.6 Å². The third-order valence-electron chi connectivity index (χ3n) is 4.43. The summed E-state index contributed by atoms with van der Waals surface area (Å²) in [4.78, 5) is 0. The van der Waals surface area contributed by atoms with E-state index in [1.54, 1.807) is 12.5 Å². The average molecular weight is 386 g/mol. The van der Waals surface area contributed by atoms with Crippen LogP contribution in [-0.2, 0) is 6.54 Å². The van der Waals surface area contributed by atoms with Gasteiger partial charge in [-0.3, -0.25) is 5.32 Å². The lowest BCUT2D eigenvalue weighted by molar-refractivity contribution is 0.123. The molecule has 1 rings (SSSR count). The van der Waals surface area contributed by atoms with E-state index >= 15 is 0 Å². The fraction of sp³-hybridized carbons (Fsp3) is 0.520. The Labute approximate surface area is 171 Å². The van der Waals surface area contributed by atoms with Crippen LogP contribution in [0.5, 0.6) is 0 Å². The van der Waals surface area contributed by atoms with Crippen LogP contribution in [0.2, 0.25) is 0 Å². The average Bonchev–Trinajstić information content (AvgIpc) is 3.22. The highest BCUT2D eigenvalue weighted by atomic mass is 16.3. The Bertz CT molecular complexity index is 555. The Morgan fingerprint density at radius 2 is 1.50 bits per heavy atom. The van der Waals surface area contributed by atoms with Gasteiger partial charge in [-0.15, -0.1) is 0 Å². The molecule has 28 heavy (non-hydrogen) atoms. The van der Waals surface area contributed by atoms with E-state index in [9.17, 15) is 5.11 Å². The van der Waals surface area contributed by atoms with Gasteiger partial charge in [0.2, 0.25) is 0 Å². The second-order valence-electron chi connectivity index (χ2n) is 7.05. The van der Waals surface area contributed by atoms with Gasteiger partial charge in [-0.2, -0.15) is 0 Å². The molecule has 0 bridgehead atoms. The first kappa shape index (κ1) is 24.2. The van der Waals surface area contributed by atoms with Gasteiger partial charge >= 0.3 is 0 Å². The Hall–Kier alpha value is -1.84. The minimum Gasteiger partial charge on any atom is -0.472 e. The molecule has 1 heterocycles. The van der Waals surface area contributed by atoms with Gasteiger partial charge in [0.25, 0.3) is 0 Å². The van der Waals surface area contributed by atoms with Gasteiger partial charge in [0.05, 0.1) is 12.5 Å². The largest absolute Gasteiger partial charge is 0.472 e. The van der Waals surface area contributed by atoms with E-state index in [0.717, 1.165) is 44.1 Å². The standard InChI is InChI=1S/C25H39NO2/c1-2-3-4-5-6-7-8-9-10-11-12-13-14-15-16-17-18-19-25(27)26-22-24-20-21-28-23-24/h6-7,9-10,12-13,15-16,20-21,23,25-27H,2-5,8,11,14,17-19,22H2,1H3/b7-6-,10-9-,13-12-,16-15-. The summed E-state index contributed by atoms with van der Waals surface area (Å²) in [5, 5.41) is 13.0. The molecule has 0 aliphatic rings. The summed E-state index contributed by atoms with van der Waals surface area (Å²) < 4.78 is 5.00. The molecule has 0 amide bonds. The maximum absolute atomic E-state index is 9.89. The monoisotopic (exact) mass is 385 g/mol. The SMILES string of the molecule is CCCCC/C=C\C/C=C\C/C=C\C/C=C\CCCC(O)NCc1ccoc1. The molecule has 0 aliphatic carbocycles. The topological polar surface area (TPSA) is 45.4 Å². The summed E-state index contributed by atoms with van der Waals surface area (Å²) in [5.41, 5.74) is 1.06. The molecule has 1 aromatic heterocycles. The van der Waals surface area contributed by atoms with Crippen LogP contribution in [0.4, 0.5) is 0 Å². The number of hydrogen-bond acceptors (Lipinski definition) is 3. The van der Waals surface area contributed by atoms with Gasteiger partial charge in [0.1, 0.15) is 6.23 Å². The Kier molecular flexibility index (Phi) is 16.0. The highest BCUT2D eigenvalue weighted by Crippen LogP contribution is 2.04. The number of hydrogen-bond donors (Lipinski definition) is 2. The van der Waals surface area contributed by atoms with Gasteiger partial charge < -0.3 is 9.52 Å². The summed E-state index contributed by atoms with van der Waals surface area (Å²) in [5.74, 6) is 0. The number of aliphatic hydroxyl groups is 1. The number of rotatable bonds is 17. The van der Waals surface area contributed by atoms with Crippen molar-refractivity contribution in [2.45, 2.75) is 83.9 Å². The molecule has 0 radical (unpaired) electrons. The highest BCUT2D eigenvalue weighted by molar-refractivity contribution is 5.04. The molecule has 0 saturated heterocycles. The molecule has 0 fully saturated rings. The molecule has 3 nitrogen and oxygen atoms in total. The molecule has 0 spiro atoms. The molecule has 1 unspecified atom stereocenters. The van der Waals surface area contributed by atoms with Gasteiger partial charge in [-0.25, -0.2) is 0 Å². The number of nitrogens with one attached hydrogen (secondary N) is 1. The van der Waals surface area contributed by atoms with Crippen molar-refractivity contribution in [3.63, 3.8) is 0 Å². The second kappa shape index (κ2) is 18.5. The van der Waals surface area contributed by atoms with E-state index in [-0.39, 0.29) is 0 Å². The number of allylic oxidation sites excluding steroid dienone is 8. The smallest absolute Gasteiger partial charge is 0.105 e. The zero-order valence-electron chi connectivity index (χ0n) is 17.6. The van der Waals surface area contributed by atoms with Gasteiger partial charge in [-0.1, -0.05) is 68.4 Å². The molecule has 0 aromatic carbocycles. The van der Waals surface area contributed by atoms with Crippen LogP contribution in [0, 0.1) is 0 Å². The number of unbranched alkanes of at least 4 members (excludes halogenated alkanes) is 4. The second-order valence-corrected chi connectivity index (χ2v) is 7.05. The summed E-state index contributed by atoms with van der Waals surface area (Å²) in [6, 6.07) is 1.90. The fourth-order valence-electron chi connectivity index (χ4n) is 2.72. The van der Waals surface area contributed by atoms with E-state index in [0.29, 0.717) is 6.54 Å². The van der Waals surface area contributed by atoms with Crippen LogP contribution in [0.25, 0.3) is 0 Å². The molecular weight excluding hydrogens is 346 g/mol. The third kappa shape index (κ3) is 15.2. The van der Waals surface area contributed by atoms with E-state index in [4.69, 9.17) is 4.42 Å². The van der Waals surface area contributed by atoms with Gasteiger partial charge in [0.15, 0.2) is 0 Å². The normalized spacial score (nSPS) is 13.6. The number of furan rings is 1. The van der Waals surface area contributed by atoms with E-state index in [1.165, 1.54) is 25.7 Å². The molecule has 0 saturated carbocycles. The first-order valence-corrected chi connectivity index (χ1v) is 10.9. The Morgan fingerprint density at radius 1 is 0.893 bits per heavy atom. The minimum absolute atomic E-state index is 0.457. The van der Waals surface area contributed by atoms with Gasteiger partial charge in [0, 0.05) is 12.1 Å². The van der Waals surface area contributed by atoms with Crippen molar-refractivity contribution in [1.29, 1.82) is 0 Å². The predicted octanol–water partition coefficient (Wildman–Crippen LogP) is 6.83. The molecular formula is C25H39NO2. The van der Waals surface area contributed by atoms with Crippen molar-refractivity contribution >= 4 is 0 Å². The van der Waals surface area contributed by atoms with E-state index in [2.05, 4.69) is 60.8 Å². The van der Waals surface area contributed by atoms with E-state index in [1.807, 2.05) is 6.07 Å². The van der Waals surface area contributed by atoms with Crippen LogP contribution in [0.1, 0.15) is 76.7 Å². The fourth-order valence-corrected chi connectivity index (χ4v) is 2.72. The Morgan fingerprint density at radius 3 is 2.07 bits per heavy atom. The lowest BCUT2D eigenvalue weighted by Crippen LogP contribution is -2.27. The quantitative estimate of drug-likeness (QED) is 0.175. The van der Waals surface area contributed by atoms with Crippen LogP contribution in [0.3, 0.4) is 0 Å². The summed E-state index contributed by atoms with van der Waals surface area (Å²) >= 11 is 0. The molecule has 3 heteroatoms. The van der Waals surface area contributed by atoms with Crippen molar-refractivity contribution in [2.75, 3.05) is 0 Å². The molecule has 156 valence electrons. The lowest BCUT2D eigenvalue weighted by atomic mass is 10.2. The zero-order chi connectivity index (χ0) is 20.1. The summed E-state index contributed by atoms with van der Waals surface area (Å²) in [6.07, 6.45) is 31.7. The Balaban J connectivity index is 1.90. The highest BCUT2D eigenvalue weighted by Gasteiger charge is 2.02. The first-order chi connectivity index (χ1) is 13.8. The van der Waals surface area contributed by atoms with Crippen molar-refractivity contribution in [3.8, 4) is 0 Å². The molecule has 2 N–H and O–H groups in total.